The summed E-state index contributed by atoms with van der Waals surface area (Å²) < 4.78 is 27.1. The first-order valence-electron chi connectivity index (χ1n) is 24.8. The number of benzene rings is 4. The van der Waals surface area contributed by atoms with Gasteiger partial charge < -0.3 is 59.2 Å². The normalized spacial score (nSPS) is 19.6. The number of ether oxygens (including phenoxy) is 5. The maximum Gasteiger partial charge on any atom is 0.407 e. The highest BCUT2D eigenvalue weighted by molar-refractivity contribution is 6.04. The van der Waals surface area contributed by atoms with Crippen molar-refractivity contribution < 1.29 is 48.0 Å². The topological polar surface area (TPSA) is 226 Å². The van der Waals surface area contributed by atoms with E-state index in [9.17, 15) is 24.3 Å². The Balaban J connectivity index is 0.863. The molecule has 4 amide bonds. The fourth-order valence-electron chi connectivity index (χ4n) is 10.6. The zero-order valence-electron chi connectivity index (χ0n) is 41.7. The van der Waals surface area contributed by atoms with Crippen LogP contribution in [0.4, 0.5) is 9.59 Å². The third kappa shape index (κ3) is 9.79. The van der Waals surface area contributed by atoms with E-state index < -0.39 is 42.8 Å². The van der Waals surface area contributed by atoms with E-state index in [4.69, 9.17) is 33.7 Å². The smallest absolute Gasteiger partial charge is 0.407 e. The number of nitrogens with one attached hydrogen (secondary N) is 4. The maximum atomic E-state index is 14.4. The molecule has 2 saturated heterocycles. The van der Waals surface area contributed by atoms with Gasteiger partial charge in [-0.1, -0.05) is 88.4 Å². The molecule has 382 valence electrons. The lowest BCUT2D eigenvalue weighted by molar-refractivity contribution is -0.218. The van der Waals surface area contributed by atoms with Crippen molar-refractivity contribution in [2.45, 2.75) is 96.7 Å². The molecule has 5 N–H and O–H groups in total. The highest BCUT2D eigenvalue weighted by Gasteiger charge is 2.44. The molecular weight excluding hydrogens is 935 g/mol. The number of likely N-dealkylation sites (tertiary alicyclic amines) is 2. The second kappa shape index (κ2) is 20.6. The maximum absolute atomic E-state index is 14.4. The fourth-order valence-corrected chi connectivity index (χ4v) is 10.6. The van der Waals surface area contributed by atoms with Gasteiger partial charge in [0.2, 0.25) is 25.0 Å². The van der Waals surface area contributed by atoms with E-state index in [1.54, 1.807) is 11.1 Å². The number of amides is 4. The van der Waals surface area contributed by atoms with Crippen molar-refractivity contribution in [2.75, 3.05) is 34.1 Å². The Bertz CT molecular complexity index is 2990. The van der Waals surface area contributed by atoms with Crippen LogP contribution in [0.15, 0.2) is 85.2 Å². The van der Waals surface area contributed by atoms with Gasteiger partial charge in [0, 0.05) is 38.2 Å². The largest absolute Gasteiger partial charge is 0.454 e. The van der Waals surface area contributed by atoms with Crippen LogP contribution < -0.4 is 20.1 Å². The van der Waals surface area contributed by atoms with Crippen molar-refractivity contribution in [3.8, 4) is 45.1 Å². The van der Waals surface area contributed by atoms with E-state index in [1.165, 1.54) is 14.2 Å². The van der Waals surface area contributed by atoms with E-state index in [1.807, 2.05) is 80.1 Å². The highest BCUT2D eigenvalue weighted by atomic mass is 16.7. The summed E-state index contributed by atoms with van der Waals surface area (Å²) in [4.78, 5) is 74.6. The molecule has 4 aromatic carbocycles. The van der Waals surface area contributed by atoms with Gasteiger partial charge in [-0.05, 0) is 75.4 Å². The Morgan fingerprint density at radius 2 is 1.26 bits per heavy atom. The molecule has 19 heteroatoms. The summed E-state index contributed by atoms with van der Waals surface area (Å²) >= 11 is 0. The summed E-state index contributed by atoms with van der Waals surface area (Å²) in [7, 11) is 2.54. The van der Waals surface area contributed by atoms with E-state index in [2.05, 4.69) is 57.0 Å². The molecule has 19 nitrogen and oxygen atoms in total. The minimum absolute atomic E-state index is 0.138. The number of hydrogen-bond acceptors (Lipinski definition) is 13. The Morgan fingerprint density at radius 3 is 1.88 bits per heavy atom. The van der Waals surface area contributed by atoms with E-state index in [0.29, 0.717) is 49.2 Å². The zero-order valence-corrected chi connectivity index (χ0v) is 41.7. The van der Waals surface area contributed by atoms with Gasteiger partial charge in [0.25, 0.3) is 0 Å². The van der Waals surface area contributed by atoms with Crippen molar-refractivity contribution in [1.82, 2.24) is 45.3 Å². The number of rotatable bonds is 14. The van der Waals surface area contributed by atoms with Crippen LogP contribution >= 0.6 is 0 Å². The molecule has 3 unspecified atom stereocenters. The molecule has 6 atom stereocenters. The van der Waals surface area contributed by atoms with Crippen LogP contribution in [0.25, 0.3) is 44.4 Å². The number of aliphatic hydroxyl groups is 1. The average Bonchev–Trinajstić information content (AvgIpc) is 4.27. The van der Waals surface area contributed by atoms with Gasteiger partial charge in [0.1, 0.15) is 23.7 Å². The standard InChI is InChI=1S/C54H61N9O10/c1-29(2)46(59-52(66)69-5)50(64)62-19-9-14-42(62)48-56-24-41(58-48)39-13-8-11-37-36(10-7-12-38(37)39)31-15-17-32(18-16-31)40-23-55-49(57-40)43-22-35(27-63(43)51(65)47(30(3)4)60-53(67)70-6)73-54(68)61-25-33-20-44-45(72-28-71-44)21-34(33)26-61/h7-8,10-13,15-18,20-21,23-24,29-30,35,42-43,46-47,54,68H,9,14,19,22,25-28H2,1-6H3,(H,55,57)(H,56,58)(H,59,66)(H,60,67)/t35?,42-,43?,46-,47-,54?/m0/s1. The molecular formula is C54H61N9O10. The third-order valence-corrected chi connectivity index (χ3v) is 14.5. The number of hydrogen-bond donors (Lipinski definition) is 5. The van der Waals surface area contributed by atoms with E-state index in [-0.39, 0.29) is 43.0 Å². The number of fused-ring (bicyclic) bond motifs is 3. The molecule has 0 aliphatic carbocycles. The monoisotopic (exact) mass is 995 g/mol. The summed E-state index contributed by atoms with van der Waals surface area (Å²) in [6.45, 7) is 9.30. The lowest BCUT2D eigenvalue weighted by Gasteiger charge is -2.30. The van der Waals surface area contributed by atoms with Crippen LogP contribution in [-0.2, 0) is 36.9 Å². The summed E-state index contributed by atoms with van der Waals surface area (Å²) in [6.07, 6.45) is 2.30. The lowest BCUT2D eigenvalue weighted by Crippen LogP contribution is -2.51. The number of aromatic nitrogens is 4. The Morgan fingerprint density at radius 1 is 0.712 bits per heavy atom. The van der Waals surface area contributed by atoms with Crippen molar-refractivity contribution >= 4 is 34.8 Å². The number of carbonyl (C=O) groups is 4. The molecule has 6 heterocycles. The summed E-state index contributed by atoms with van der Waals surface area (Å²) in [5.41, 5.74) is 7.52. The van der Waals surface area contributed by atoms with Crippen LogP contribution in [-0.4, -0.2) is 122 Å². The number of alkyl carbamates (subject to hydrolysis) is 2. The first kappa shape index (κ1) is 49.1. The number of carbonyl (C=O) groups excluding carboxylic acids is 4. The number of aromatic amines is 2. The van der Waals surface area contributed by atoms with Crippen molar-refractivity contribution in [1.29, 1.82) is 0 Å². The first-order valence-corrected chi connectivity index (χ1v) is 24.8. The van der Waals surface area contributed by atoms with Gasteiger partial charge in [-0.25, -0.2) is 24.5 Å². The van der Waals surface area contributed by atoms with Gasteiger partial charge in [-0.2, -0.15) is 0 Å². The second-order valence-corrected chi connectivity index (χ2v) is 19.8. The molecule has 4 aliphatic heterocycles. The lowest BCUT2D eigenvalue weighted by atomic mass is 9.94. The molecule has 73 heavy (non-hydrogen) atoms. The minimum Gasteiger partial charge on any atom is -0.454 e. The zero-order chi connectivity index (χ0) is 51.1. The molecule has 0 spiro atoms. The van der Waals surface area contributed by atoms with Crippen molar-refractivity contribution in [3.63, 3.8) is 0 Å². The van der Waals surface area contributed by atoms with Crippen LogP contribution in [0.5, 0.6) is 11.5 Å². The van der Waals surface area contributed by atoms with Crippen LogP contribution in [0.2, 0.25) is 0 Å². The molecule has 0 bridgehead atoms. The molecule has 2 fully saturated rings. The van der Waals surface area contributed by atoms with E-state index >= 15 is 0 Å². The number of imidazole rings is 2. The predicted octanol–water partition coefficient (Wildman–Crippen LogP) is 7.39. The molecule has 6 aromatic rings. The van der Waals surface area contributed by atoms with Crippen LogP contribution in [0, 0.1) is 11.8 Å². The second-order valence-electron chi connectivity index (χ2n) is 19.8. The number of H-pyrrole nitrogens is 2. The predicted molar refractivity (Wildman–Crippen MR) is 268 cm³/mol. The van der Waals surface area contributed by atoms with Gasteiger partial charge in [-0.3, -0.25) is 9.59 Å². The number of nitrogens with zero attached hydrogens (tertiary/aromatic N) is 5. The van der Waals surface area contributed by atoms with E-state index in [0.717, 1.165) is 68.4 Å². The Kier molecular flexibility index (Phi) is 13.8. The summed E-state index contributed by atoms with van der Waals surface area (Å²) in [5, 5.41) is 18.9. The fraction of sp³-hybridized carbons (Fsp3) is 0.407. The quantitative estimate of drug-likeness (QED) is 0.0672. The highest BCUT2D eigenvalue weighted by Crippen LogP contribution is 2.41. The van der Waals surface area contributed by atoms with Gasteiger partial charge in [0.15, 0.2) is 11.5 Å². The molecule has 2 aromatic heterocycles. The van der Waals surface area contributed by atoms with Gasteiger partial charge >= 0.3 is 12.2 Å². The summed E-state index contributed by atoms with van der Waals surface area (Å²) in [5.74, 6) is 1.72. The van der Waals surface area contributed by atoms with Gasteiger partial charge in [0.05, 0.1) is 56.2 Å². The SMILES string of the molecule is COC(=O)N[C@H](C(=O)N1CC(OC(O)N2Cc3cc4c(cc3C2)OCO4)CC1c1ncc(-c2ccc(-c3cccc4c(-c5cnc([C@@H]6CCCN6C(=O)[C@@H](NC(=O)OC)C(C)C)[nH]5)cccc34)cc2)[nH]1)C(C)C. The Hall–Kier alpha value is -7.48. The molecule has 0 saturated carbocycles. The first-order chi connectivity index (χ1) is 35.3. The van der Waals surface area contributed by atoms with Crippen molar-refractivity contribution in [2.24, 2.45) is 11.8 Å². The van der Waals surface area contributed by atoms with Gasteiger partial charge in [-0.15, -0.1) is 0 Å². The molecule has 4 aliphatic rings. The average molecular weight is 996 g/mol. The number of methoxy groups -OCH3 is 2. The molecule has 10 rings (SSSR count). The molecule has 0 radical (unpaired) electrons. The Labute approximate surface area is 422 Å². The van der Waals surface area contributed by atoms with Crippen LogP contribution in [0.1, 0.15) is 81.8 Å². The summed E-state index contributed by atoms with van der Waals surface area (Å²) in [6, 6.07) is 22.1. The van der Waals surface area contributed by atoms with Crippen LogP contribution in [0.3, 0.4) is 0 Å². The van der Waals surface area contributed by atoms with Crippen molar-refractivity contribution in [3.05, 3.63) is 108 Å². The third-order valence-electron chi connectivity index (χ3n) is 14.5. The number of aliphatic hydroxyl groups excluding tert-OH is 1. The minimum atomic E-state index is -1.26.